The molecule has 17 heavy (non-hydrogen) atoms. The Morgan fingerprint density at radius 1 is 1.47 bits per heavy atom. The molecule has 1 aliphatic rings. The molecule has 0 aromatic carbocycles. The summed E-state index contributed by atoms with van der Waals surface area (Å²) in [6.45, 7) is 2.15. The summed E-state index contributed by atoms with van der Waals surface area (Å²) in [5.41, 5.74) is 2.54. The van der Waals surface area contributed by atoms with Crippen LogP contribution in [0.5, 0.6) is 0 Å². The quantitative estimate of drug-likeness (QED) is 0.735. The molecule has 0 aliphatic heterocycles. The topological polar surface area (TPSA) is 17.8 Å². The smallest absolute Gasteiger partial charge is 0.0624 e. The van der Waals surface area contributed by atoms with Crippen molar-refractivity contribution in [3.8, 4) is 0 Å². The van der Waals surface area contributed by atoms with E-state index in [1.165, 1.54) is 37.1 Å². The van der Waals surface area contributed by atoms with Crippen LogP contribution in [0.15, 0.2) is 6.07 Å². The Bertz CT molecular complexity index is 353. The number of hydrogen-bond donors (Lipinski definition) is 0. The molecule has 1 fully saturated rings. The molecule has 1 atom stereocenters. The van der Waals surface area contributed by atoms with Crippen molar-refractivity contribution >= 4 is 11.6 Å². The van der Waals surface area contributed by atoms with Crippen LogP contribution in [0.25, 0.3) is 0 Å². The molecule has 0 bridgehead atoms. The highest BCUT2D eigenvalue weighted by Crippen LogP contribution is 2.33. The van der Waals surface area contributed by atoms with Crippen LogP contribution in [-0.2, 0) is 19.9 Å². The highest BCUT2D eigenvalue weighted by atomic mass is 35.5. The first-order valence-electron chi connectivity index (χ1n) is 6.82. The van der Waals surface area contributed by atoms with E-state index in [9.17, 15) is 0 Å². The molecule has 0 saturated heterocycles. The summed E-state index contributed by atoms with van der Waals surface area (Å²) in [6.07, 6.45) is 7.64. The van der Waals surface area contributed by atoms with Gasteiger partial charge < -0.3 is 0 Å². The van der Waals surface area contributed by atoms with Gasteiger partial charge in [-0.05, 0) is 30.7 Å². The summed E-state index contributed by atoms with van der Waals surface area (Å²) in [6, 6.07) is 2.24. The average molecular weight is 255 g/mol. The normalized spacial score (nSPS) is 18.8. The van der Waals surface area contributed by atoms with E-state index in [1.807, 2.05) is 4.68 Å². The molecule has 0 amide bonds. The Morgan fingerprint density at radius 3 is 2.71 bits per heavy atom. The number of halogens is 1. The first-order valence-corrected chi connectivity index (χ1v) is 7.35. The van der Waals surface area contributed by atoms with Crippen LogP contribution in [0.3, 0.4) is 0 Å². The van der Waals surface area contributed by atoms with Gasteiger partial charge in [0.05, 0.1) is 5.69 Å². The van der Waals surface area contributed by atoms with Gasteiger partial charge in [-0.25, -0.2) is 0 Å². The monoisotopic (exact) mass is 254 g/mol. The molecule has 2 rings (SSSR count). The molecule has 1 unspecified atom stereocenters. The lowest BCUT2D eigenvalue weighted by molar-refractivity contribution is 0.362. The van der Waals surface area contributed by atoms with Crippen molar-refractivity contribution in [3.05, 3.63) is 17.5 Å². The number of nitrogens with zero attached hydrogens (tertiary/aromatic N) is 2. The summed E-state index contributed by atoms with van der Waals surface area (Å²) in [4.78, 5) is 0. The van der Waals surface area contributed by atoms with Crippen LogP contribution in [0, 0.1) is 11.8 Å². The maximum Gasteiger partial charge on any atom is 0.0624 e. The maximum absolute atomic E-state index is 6.16. The van der Waals surface area contributed by atoms with Gasteiger partial charge in [0.25, 0.3) is 0 Å². The van der Waals surface area contributed by atoms with Gasteiger partial charge in [-0.15, -0.1) is 11.6 Å². The maximum atomic E-state index is 6.16. The lowest BCUT2D eigenvalue weighted by Crippen LogP contribution is -2.18. The molecule has 0 radical (unpaired) electrons. The fraction of sp³-hybridized carbons (Fsp3) is 0.786. The summed E-state index contributed by atoms with van der Waals surface area (Å²) in [5, 5.41) is 4.52. The molecule has 1 heterocycles. The lowest BCUT2D eigenvalue weighted by Gasteiger charge is -2.20. The number of aryl methyl sites for hydroxylation is 2. The molecule has 1 aromatic rings. The SMILES string of the molecule is CCc1cc(CC(CCl)C2CCCC2)n(C)n1. The molecular formula is C14H23ClN2. The van der Waals surface area contributed by atoms with E-state index in [-0.39, 0.29) is 0 Å². The van der Waals surface area contributed by atoms with Crippen molar-refractivity contribution < 1.29 is 0 Å². The van der Waals surface area contributed by atoms with Crippen molar-refractivity contribution in [2.45, 2.75) is 45.4 Å². The highest BCUT2D eigenvalue weighted by molar-refractivity contribution is 6.18. The molecule has 1 saturated carbocycles. The summed E-state index contributed by atoms with van der Waals surface area (Å²) in [5.74, 6) is 2.27. The Hall–Kier alpha value is -0.500. The minimum Gasteiger partial charge on any atom is -0.272 e. The Morgan fingerprint density at radius 2 is 2.18 bits per heavy atom. The Labute approximate surface area is 109 Å². The minimum atomic E-state index is 0.638. The number of alkyl halides is 1. The third kappa shape index (κ3) is 3.04. The van der Waals surface area contributed by atoms with Crippen LogP contribution < -0.4 is 0 Å². The predicted octanol–water partition coefficient (Wildman–Crippen LogP) is 3.57. The molecule has 0 spiro atoms. The summed E-state index contributed by atoms with van der Waals surface area (Å²) >= 11 is 6.16. The van der Waals surface area contributed by atoms with Crippen molar-refractivity contribution in [1.29, 1.82) is 0 Å². The van der Waals surface area contributed by atoms with Crippen molar-refractivity contribution in [1.82, 2.24) is 9.78 Å². The minimum absolute atomic E-state index is 0.638. The first-order chi connectivity index (χ1) is 8.24. The van der Waals surface area contributed by atoms with Crippen LogP contribution in [0.4, 0.5) is 0 Å². The fourth-order valence-electron chi connectivity index (χ4n) is 2.98. The van der Waals surface area contributed by atoms with Crippen LogP contribution in [0.2, 0.25) is 0 Å². The zero-order chi connectivity index (χ0) is 12.3. The van der Waals surface area contributed by atoms with E-state index >= 15 is 0 Å². The molecule has 0 N–H and O–H groups in total. The predicted molar refractivity (Wildman–Crippen MR) is 72.5 cm³/mol. The van der Waals surface area contributed by atoms with Gasteiger partial charge in [0.2, 0.25) is 0 Å². The van der Waals surface area contributed by atoms with Gasteiger partial charge >= 0.3 is 0 Å². The zero-order valence-electron chi connectivity index (χ0n) is 11.0. The van der Waals surface area contributed by atoms with Gasteiger partial charge in [-0.2, -0.15) is 5.10 Å². The number of aromatic nitrogens is 2. The second-order valence-corrected chi connectivity index (χ2v) is 5.58. The molecule has 2 nitrogen and oxygen atoms in total. The van der Waals surface area contributed by atoms with E-state index in [0.717, 1.165) is 24.6 Å². The largest absolute Gasteiger partial charge is 0.272 e. The zero-order valence-corrected chi connectivity index (χ0v) is 11.7. The van der Waals surface area contributed by atoms with E-state index in [4.69, 9.17) is 11.6 Å². The molecule has 1 aromatic heterocycles. The van der Waals surface area contributed by atoms with E-state index < -0.39 is 0 Å². The van der Waals surface area contributed by atoms with E-state index in [0.29, 0.717) is 5.92 Å². The summed E-state index contributed by atoms with van der Waals surface area (Å²) < 4.78 is 2.04. The van der Waals surface area contributed by atoms with Gasteiger partial charge in [-0.3, -0.25) is 4.68 Å². The van der Waals surface area contributed by atoms with Crippen molar-refractivity contribution in [2.75, 3.05) is 5.88 Å². The third-order valence-electron chi connectivity index (χ3n) is 4.13. The highest BCUT2D eigenvalue weighted by Gasteiger charge is 2.25. The van der Waals surface area contributed by atoms with Crippen LogP contribution in [0.1, 0.15) is 44.0 Å². The number of hydrogen-bond acceptors (Lipinski definition) is 1. The molecule has 1 aliphatic carbocycles. The van der Waals surface area contributed by atoms with Crippen LogP contribution in [-0.4, -0.2) is 15.7 Å². The average Bonchev–Trinajstić information content (AvgIpc) is 2.96. The van der Waals surface area contributed by atoms with Gasteiger partial charge in [0.1, 0.15) is 0 Å². The second kappa shape index (κ2) is 5.90. The Balaban J connectivity index is 2.03. The molecule has 96 valence electrons. The van der Waals surface area contributed by atoms with E-state index in [1.54, 1.807) is 0 Å². The third-order valence-corrected chi connectivity index (χ3v) is 4.52. The molecular weight excluding hydrogens is 232 g/mol. The van der Waals surface area contributed by atoms with E-state index in [2.05, 4.69) is 25.1 Å². The van der Waals surface area contributed by atoms with Crippen molar-refractivity contribution in [2.24, 2.45) is 18.9 Å². The number of rotatable bonds is 5. The van der Waals surface area contributed by atoms with Gasteiger partial charge in [0.15, 0.2) is 0 Å². The van der Waals surface area contributed by atoms with Crippen molar-refractivity contribution in [3.63, 3.8) is 0 Å². The second-order valence-electron chi connectivity index (χ2n) is 5.27. The lowest BCUT2D eigenvalue weighted by atomic mass is 9.88. The standard InChI is InChI=1S/C14H23ClN2/c1-3-13-9-14(17(2)16-13)8-12(10-15)11-6-4-5-7-11/h9,11-12H,3-8,10H2,1-2H3. The Kier molecular flexibility index (Phi) is 4.49. The summed E-state index contributed by atoms with van der Waals surface area (Å²) in [7, 11) is 2.05. The van der Waals surface area contributed by atoms with Gasteiger partial charge in [-0.1, -0.05) is 32.6 Å². The molecule has 3 heteroatoms. The van der Waals surface area contributed by atoms with Gasteiger partial charge in [0, 0.05) is 18.6 Å². The first kappa shape index (κ1) is 12.9. The van der Waals surface area contributed by atoms with Crippen LogP contribution >= 0.6 is 11.6 Å². The fourth-order valence-corrected chi connectivity index (χ4v) is 3.34.